The number of aromatic nitrogens is 4. The van der Waals surface area contributed by atoms with E-state index in [1.807, 2.05) is 30.3 Å². The quantitative estimate of drug-likeness (QED) is 0.260. The third-order valence-electron chi connectivity index (χ3n) is 6.34. The number of tetrazole rings is 1. The van der Waals surface area contributed by atoms with Crippen molar-refractivity contribution in [3.05, 3.63) is 62.7 Å². The number of ether oxygens (including phenoxy) is 2. The van der Waals surface area contributed by atoms with Gasteiger partial charge in [-0.1, -0.05) is 64.5 Å². The molecule has 3 aromatic rings. The number of morpholine rings is 1. The zero-order valence-electron chi connectivity index (χ0n) is 20.9. The SMILES string of the molecule is O=C1/C(=C/c2ccc(OCCN3CCOCC3)c(-c3ccc(Cl)cc3Cl)c2)SC(=S)N1CCCc1nn[nH]n1. The maximum atomic E-state index is 13.1. The number of aromatic amines is 1. The summed E-state index contributed by atoms with van der Waals surface area (Å²) in [5, 5.41) is 15.0. The van der Waals surface area contributed by atoms with Gasteiger partial charge in [-0.2, -0.15) is 5.21 Å². The lowest BCUT2D eigenvalue weighted by Crippen LogP contribution is -2.38. The molecule has 0 bridgehead atoms. The van der Waals surface area contributed by atoms with Crippen molar-refractivity contribution in [1.82, 2.24) is 30.4 Å². The summed E-state index contributed by atoms with van der Waals surface area (Å²) in [6.07, 6.45) is 3.13. The monoisotopic (exact) mass is 604 g/mol. The van der Waals surface area contributed by atoms with E-state index >= 15 is 0 Å². The van der Waals surface area contributed by atoms with Crippen LogP contribution in [-0.2, 0) is 16.0 Å². The van der Waals surface area contributed by atoms with Gasteiger partial charge in [0.1, 0.15) is 16.7 Å². The fourth-order valence-corrected chi connectivity index (χ4v) is 6.14. The van der Waals surface area contributed by atoms with Gasteiger partial charge in [-0.3, -0.25) is 14.6 Å². The Bertz CT molecular complexity index is 1370. The molecule has 3 heterocycles. The lowest BCUT2D eigenvalue weighted by molar-refractivity contribution is -0.122. The van der Waals surface area contributed by atoms with Crippen LogP contribution >= 0.6 is 47.2 Å². The van der Waals surface area contributed by atoms with Gasteiger partial charge in [-0.05, 0) is 42.3 Å². The maximum Gasteiger partial charge on any atom is 0.266 e. The predicted molar refractivity (Wildman–Crippen MR) is 157 cm³/mol. The number of amides is 1. The summed E-state index contributed by atoms with van der Waals surface area (Å²) in [4.78, 5) is 17.6. The van der Waals surface area contributed by atoms with Gasteiger partial charge >= 0.3 is 0 Å². The summed E-state index contributed by atoms with van der Waals surface area (Å²) >= 11 is 19.5. The average molecular weight is 606 g/mol. The molecule has 1 N–H and O–H groups in total. The van der Waals surface area contributed by atoms with Crippen LogP contribution in [0.5, 0.6) is 5.75 Å². The Kier molecular flexibility index (Phi) is 9.49. The molecule has 0 saturated carbocycles. The summed E-state index contributed by atoms with van der Waals surface area (Å²) in [6.45, 7) is 5.09. The molecule has 1 aromatic heterocycles. The van der Waals surface area contributed by atoms with Crippen molar-refractivity contribution in [2.45, 2.75) is 12.8 Å². The maximum absolute atomic E-state index is 13.1. The van der Waals surface area contributed by atoms with E-state index in [0.717, 1.165) is 49.5 Å². The van der Waals surface area contributed by atoms with E-state index in [1.54, 1.807) is 17.0 Å². The zero-order chi connectivity index (χ0) is 27.2. The smallest absolute Gasteiger partial charge is 0.266 e. The first-order valence-electron chi connectivity index (χ1n) is 12.5. The summed E-state index contributed by atoms with van der Waals surface area (Å²) in [5.41, 5.74) is 2.46. The molecule has 2 aliphatic rings. The third-order valence-corrected chi connectivity index (χ3v) is 8.26. The molecule has 204 valence electrons. The molecule has 13 heteroatoms. The largest absolute Gasteiger partial charge is 0.492 e. The van der Waals surface area contributed by atoms with Crippen LogP contribution in [0.15, 0.2) is 41.3 Å². The molecule has 39 heavy (non-hydrogen) atoms. The van der Waals surface area contributed by atoms with E-state index in [1.165, 1.54) is 11.8 Å². The number of nitrogens with zero attached hydrogens (tertiary/aromatic N) is 5. The Hall–Kier alpha value is -2.54. The van der Waals surface area contributed by atoms with Crippen LogP contribution in [0.4, 0.5) is 0 Å². The number of rotatable bonds is 10. The third kappa shape index (κ3) is 7.16. The minimum Gasteiger partial charge on any atom is -0.492 e. The number of H-pyrrole nitrogens is 1. The Labute approximate surface area is 245 Å². The first kappa shape index (κ1) is 28.0. The zero-order valence-corrected chi connectivity index (χ0v) is 24.1. The highest BCUT2D eigenvalue weighted by atomic mass is 35.5. The van der Waals surface area contributed by atoms with E-state index in [2.05, 4.69) is 25.5 Å². The average Bonchev–Trinajstić information content (AvgIpc) is 3.54. The van der Waals surface area contributed by atoms with Crippen molar-refractivity contribution in [2.75, 3.05) is 46.0 Å². The van der Waals surface area contributed by atoms with Crippen LogP contribution in [0.3, 0.4) is 0 Å². The molecule has 2 aromatic carbocycles. The van der Waals surface area contributed by atoms with Crippen molar-refractivity contribution in [1.29, 1.82) is 0 Å². The van der Waals surface area contributed by atoms with Crippen LogP contribution in [-0.4, -0.2) is 86.7 Å². The number of aryl methyl sites for hydroxylation is 1. The van der Waals surface area contributed by atoms with Gasteiger partial charge in [0.25, 0.3) is 5.91 Å². The first-order chi connectivity index (χ1) is 19.0. The van der Waals surface area contributed by atoms with Crippen molar-refractivity contribution in [3.8, 4) is 16.9 Å². The topological polar surface area (TPSA) is 96.5 Å². The lowest BCUT2D eigenvalue weighted by Gasteiger charge is -2.26. The van der Waals surface area contributed by atoms with Gasteiger partial charge in [0.15, 0.2) is 5.82 Å². The number of hydrogen-bond donors (Lipinski definition) is 1. The van der Waals surface area contributed by atoms with Crippen molar-refractivity contribution >= 4 is 63.5 Å². The molecule has 0 radical (unpaired) electrons. The molecular formula is C26H26Cl2N6O3S2. The second kappa shape index (κ2) is 13.2. The van der Waals surface area contributed by atoms with E-state index < -0.39 is 0 Å². The number of thiocarbonyl (C=S) groups is 1. The molecule has 0 aliphatic carbocycles. The Balaban J connectivity index is 1.33. The normalized spacial score (nSPS) is 17.4. The summed E-state index contributed by atoms with van der Waals surface area (Å²) < 4.78 is 12.2. The molecule has 2 fully saturated rings. The number of carbonyl (C=O) groups is 1. The standard InChI is InChI=1S/C26H26Cl2N6O3S2/c27-18-4-5-19(21(28)16-18)20-14-17(3-6-22(20)37-13-10-33-8-11-36-12-9-33)15-23-25(35)34(26(38)39-23)7-1-2-24-29-31-32-30-24/h3-6,14-16H,1-2,7-13H2,(H,29,30,31,32)/b23-15-. The summed E-state index contributed by atoms with van der Waals surface area (Å²) in [7, 11) is 0. The van der Waals surface area contributed by atoms with E-state index in [0.29, 0.717) is 56.8 Å². The minimum absolute atomic E-state index is 0.116. The summed E-state index contributed by atoms with van der Waals surface area (Å²) in [6, 6.07) is 11.2. The lowest BCUT2D eigenvalue weighted by atomic mass is 10.0. The fraction of sp³-hybridized carbons (Fsp3) is 0.346. The van der Waals surface area contributed by atoms with Crippen LogP contribution in [0.2, 0.25) is 10.0 Å². The van der Waals surface area contributed by atoms with Gasteiger partial charge < -0.3 is 9.47 Å². The van der Waals surface area contributed by atoms with Gasteiger partial charge in [-0.15, -0.1) is 10.2 Å². The number of carbonyl (C=O) groups excluding carboxylic acids is 1. The van der Waals surface area contributed by atoms with Crippen LogP contribution in [0.1, 0.15) is 17.8 Å². The molecule has 2 saturated heterocycles. The number of nitrogens with one attached hydrogen (secondary N) is 1. The van der Waals surface area contributed by atoms with Gasteiger partial charge in [0.2, 0.25) is 0 Å². The van der Waals surface area contributed by atoms with Crippen molar-refractivity contribution in [2.24, 2.45) is 0 Å². The van der Waals surface area contributed by atoms with Gasteiger partial charge in [0, 0.05) is 48.7 Å². The van der Waals surface area contributed by atoms with E-state index in [-0.39, 0.29) is 5.91 Å². The van der Waals surface area contributed by atoms with E-state index in [9.17, 15) is 4.79 Å². The highest BCUT2D eigenvalue weighted by molar-refractivity contribution is 8.26. The second-order valence-corrected chi connectivity index (χ2v) is 11.5. The van der Waals surface area contributed by atoms with Crippen LogP contribution in [0, 0.1) is 0 Å². The second-order valence-electron chi connectivity index (χ2n) is 8.95. The molecule has 0 spiro atoms. The number of benzene rings is 2. The minimum atomic E-state index is -0.116. The van der Waals surface area contributed by atoms with Gasteiger partial charge in [0.05, 0.1) is 23.1 Å². The van der Waals surface area contributed by atoms with E-state index in [4.69, 9.17) is 44.9 Å². The Morgan fingerprint density at radius 2 is 1.97 bits per heavy atom. The van der Waals surface area contributed by atoms with Crippen molar-refractivity contribution in [3.63, 3.8) is 0 Å². The highest BCUT2D eigenvalue weighted by Gasteiger charge is 2.31. The Morgan fingerprint density at radius 3 is 2.74 bits per heavy atom. The molecule has 5 rings (SSSR count). The first-order valence-corrected chi connectivity index (χ1v) is 14.5. The molecule has 9 nitrogen and oxygen atoms in total. The number of hydrogen-bond acceptors (Lipinski definition) is 9. The molecule has 2 aliphatic heterocycles. The molecular weight excluding hydrogens is 579 g/mol. The highest BCUT2D eigenvalue weighted by Crippen LogP contribution is 2.39. The van der Waals surface area contributed by atoms with Gasteiger partial charge in [-0.25, -0.2) is 0 Å². The molecule has 0 atom stereocenters. The number of halogens is 2. The van der Waals surface area contributed by atoms with Crippen LogP contribution < -0.4 is 4.74 Å². The Morgan fingerprint density at radius 1 is 1.13 bits per heavy atom. The molecule has 1 amide bonds. The fourth-order valence-electron chi connectivity index (χ4n) is 4.32. The molecule has 0 unspecified atom stereocenters. The van der Waals surface area contributed by atoms with Crippen molar-refractivity contribution < 1.29 is 14.3 Å². The number of thioether (sulfide) groups is 1. The van der Waals surface area contributed by atoms with Crippen LogP contribution in [0.25, 0.3) is 17.2 Å². The predicted octanol–water partition coefficient (Wildman–Crippen LogP) is 4.72. The summed E-state index contributed by atoms with van der Waals surface area (Å²) in [5.74, 6) is 1.20.